The fourth-order valence-corrected chi connectivity index (χ4v) is 4.36. The minimum absolute atomic E-state index is 0.143. The van der Waals surface area contributed by atoms with Gasteiger partial charge in [-0.1, -0.05) is 57.2 Å². The lowest BCUT2D eigenvalue weighted by Crippen LogP contribution is -2.36. The molecule has 0 bridgehead atoms. The second-order valence-electron chi connectivity index (χ2n) is 8.60. The van der Waals surface area contributed by atoms with E-state index in [4.69, 9.17) is 9.47 Å². The summed E-state index contributed by atoms with van der Waals surface area (Å²) in [4.78, 5) is 19.2. The van der Waals surface area contributed by atoms with Crippen LogP contribution < -0.4 is 14.4 Å². The molecule has 1 aliphatic rings. The maximum Gasteiger partial charge on any atom is 0.247 e. The summed E-state index contributed by atoms with van der Waals surface area (Å²) >= 11 is 1.54. The smallest absolute Gasteiger partial charge is 0.247 e. The van der Waals surface area contributed by atoms with Gasteiger partial charge in [-0.15, -0.1) is 10.2 Å². The maximum absolute atomic E-state index is 12.9. The van der Waals surface area contributed by atoms with Crippen molar-refractivity contribution in [2.45, 2.75) is 51.9 Å². The predicted molar refractivity (Wildman–Crippen MR) is 134 cm³/mol. The molecule has 0 saturated heterocycles. The quantitative estimate of drug-likeness (QED) is 0.294. The number of amides is 1. The molecule has 4 rings (SSSR count). The largest absolute Gasteiger partial charge is 0.494 e. The van der Waals surface area contributed by atoms with Crippen LogP contribution in [-0.4, -0.2) is 33.4 Å². The maximum atomic E-state index is 12.9. The van der Waals surface area contributed by atoms with Crippen LogP contribution in [0, 0.1) is 5.92 Å². The van der Waals surface area contributed by atoms with E-state index in [9.17, 15) is 4.79 Å². The Morgan fingerprint density at radius 1 is 1.15 bits per heavy atom. The van der Waals surface area contributed by atoms with E-state index in [0.29, 0.717) is 34.9 Å². The first kappa shape index (κ1) is 24.0. The second-order valence-corrected chi connectivity index (χ2v) is 9.59. The Balaban J connectivity index is 1.75. The molecular weight excluding hydrogens is 448 g/mol. The Kier molecular flexibility index (Phi) is 7.67. The number of para-hydroxylation sites is 1. The van der Waals surface area contributed by atoms with Crippen molar-refractivity contribution < 1.29 is 14.3 Å². The van der Waals surface area contributed by atoms with Crippen LogP contribution in [0.25, 0.3) is 11.3 Å². The standard InChI is InChI=1S/C26H30N4O3S/c1-5-6-15-32-20-13-11-19(12-14-20)25-30(18(4)31)22-10-8-7-9-21(22)23-24(33-25)27-26(29-28-23)34-16-17(2)3/h7-14,17,25H,5-6,15-16H2,1-4H3. The Hall–Kier alpha value is -3.13. The van der Waals surface area contributed by atoms with Crippen molar-refractivity contribution in [2.75, 3.05) is 17.3 Å². The average molecular weight is 479 g/mol. The van der Waals surface area contributed by atoms with Gasteiger partial charge in [0, 0.05) is 23.8 Å². The summed E-state index contributed by atoms with van der Waals surface area (Å²) in [6.07, 6.45) is 1.38. The van der Waals surface area contributed by atoms with E-state index >= 15 is 0 Å². The fourth-order valence-electron chi connectivity index (χ4n) is 3.63. The summed E-state index contributed by atoms with van der Waals surface area (Å²) in [7, 11) is 0. The molecule has 0 spiro atoms. The van der Waals surface area contributed by atoms with E-state index < -0.39 is 6.23 Å². The number of anilines is 1. The Morgan fingerprint density at radius 3 is 2.62 bits per heavy atom. The summed E-state index contributed by atoms with van der Waals surface area (Å²) < 4.78 is 12.2. The highest BCUT2D eigenvalue weighted by Gasteiger charge is 2.34. The molecule has 0 saturated carbocycles. The van der Waals surface area contributed by atoms with Gasteiger partial charge in [0.05, 0.1) is 12.3 Å². The van der Waals surface area contributed by atoms with Crippen LogP contribution in [0.3, 0.4) is 0 Å². The van der Waals surface area contributed by atoms with Crippen molar-refractivity contribution in [3.8, 4) is 22.9 Å². The lowest BCUT2D eigenvalue weighted by molar-refractivity contribution is -0.118. The third kappa shape index (κ3) is 5.33. The van der Waals surface area contributed by atoms with Crippen molar-refractivity contribution in [3.63, 3.8) is 0 Å². The fraction of sp³-hybridized carbons (Fsp3) is 0.385. The van der Waals surface area contributed by atoms with E-state index in [0.717, 1.165) is 35.5 Å². The molecule has 0 fully saturated rings. The third-order valence-electron chi connectivity index (χ3n) is 5.33. The van der Waals surface area contributed by atoms with Crippen molar-refractivity contribution in [1.29, 1.82) is 0 Å². The molecule has 1 unspecified atom stereocenters. The van der Waals surface area contributed by atoms with Gasteiger partial charge in [-0.25, -0.2) is 0 Å². The number of carbonyl (C=O) groups excluding carboxylic acids is 1. The number of fused-ring (bicyclic) bond motifs is 3. The van der Waals surface area contributed by atoms with Crippen molar-refractivity contribution >= 4 is 23.4 Å². The summed E-state index contributed by atoms with van der Waals surface area (Å²) in [6, 6.07) is 15.3. The highest BCUT2D eigenvalue weighted by Crippen LogP contribution is 2.43. The van der Waals surface area contributed by atoms with Gasteiger partial charge in [0.2, 0.25) is 23.2 Å². The lowest BCUT2D eigenvalue weighted by Gasteiger charge is -2.30. The zero-order valence-corrected chi connectivity index (χ0v) is 20.8. The minimum atomic E-state index is -0.704. The molecule has 1 aromatic heterocycles. The van der Waals surface area contributed by atoms with Crippen LogP contribution in [0.1, 0.15) is 52.3 Å². The molecule has 3 aromatic rings. The van der Waals surface area contributed by atoms with Crippen LogP contribution in [0.2, 0.25) is 0 Å². The van der Waals surface area contributed by atoms with Gasteiger partial charge in [-0.05, 0) is 42.7 Å². The van der Waals surface area contributed by atoms with Crippen LogP contribution in [0.5, 0.6) is 11.6 Å². The number of benzene rings is 2. The van der Waals surface area contributed by atoms with Gasteiger partial charge in [0.25, 0.3) is 0 Å². The number of unbranched alkanes of at least 4 members (excludes halogenated alkanes) is 1. The van der Waals surface area contributed by atoms with Gasteiger partial charge in [0.1, 0.15) is 5.75 Å². The highest BCUT2D eigenvalue weighted by atomic mass is 32.2. The zero-order chi connectivity index (χ0) is 24.1. The van der Waals surface area contributed by atoms with E-state index in [1.165, 1.54) is 6.92 Å². The molecular formula is C26H30N4O3S. The molecule has 7 nitrogen and oxygen atoms in total. The number of hydrogen-bond donors (Lipinski definition) is 0. The molecule has 1 atom stereocenters. The van der Waals surface area contributed by atoms with Gasteiger partial charge in [-0.2, -0.15) is 4.98 Å². The molecule has 2 heterocycles. The van der Waals surface area contributed by atoms with Crippen molar-refractivity contribution in [2.24, 2.45) is 5.92 Å². The Morgan fingerprint density at radius 2 is 1.91 bits per heavy atom. The molecule has 1 aliphatic heterocycles. The van der Waals surface area contributed by atoms with Crippen molar-refractivity contribution in [3.05, 3.63) is 54.1 Å². The van der Waals surface area contributed by atoms with Gasteiger partial charge < -0.3 is 9.47 Å². The monoisotopic (exact) mass is 478 g/mol. The Bertz CT molecular complexity index is 1140. The first-order valence-electron chi connectivity index (χ1n) is 11.6. The normalized spacial score (nSPS) is 14.7. The second kappa shape index (κ2) is 10.9. The van der Waals surface area contributed by atoms with E-state index in [1.54, 1.807) is 16.7 Å². The molecule has 2 aromatic carbocycles. The molecule has 8 heteroatoms. The van der Waals surface area contributed by atoms with Crippen LogP contribution in [0.4, 0.5) is 5.69 Å². The topological polar surface area (TPSA) is 77.4 Å². The first-order valence-corrected chi connectivity index (χ1v) is 12.6. The Labute approximate surface area is 204 Å². The number of rotatable bonds is 8. The predicted octanol–water partition coefficient (Wildman–Crippen LogP) is 5.91. The van der Waals surface area contributed by atoms with Crippen LogP contribution >= 0.6 is 11.8 Å². The number of hydrogen-bond acceptors (Lipinski definition) is 7. The van der Waals surface area contributed by atoms with E-state index in [-0.39, 0.29) is 5.91 Å². The summed E-state index contributed by atoms with van der Waals surface area (Å²) in [6.45, 7) is 8.64. The molecule has 0 N–H and O–H groups in total. The molecule has 34 heavy (non-hydrogen) atoms. The molecule has 0 radical (unpaired) electrons. The van der Waals surface area contributed by atoms with Gasteiger partial charge in [0.15, 0.2) is 5.69 Å². The summed E-state index contributed by atoms with van der Waals surface area (Å²) in [5, 5.41) is 9.34. The van der Waals surface area contributed by atoms with Crippen LogP contribution in [-0.2, 0) is 4.79 Å². The number of aromatic nitrogens is 3. The SMILES string of the molecule is CCCCOc1ccc(C2Oc3nc(SCC(C)C)nnc3-c3ccccc3N2C(C)=O)cc1. The molecule has 1 amide bonds. The lowest BCUT2D eigenvalue weighted by atomic mass is 10.1. The number of nitrogens with zero attached hydrogens (tertiary/aromatic N) is 4. The highest BCUT2D eigenvalue weighted by molar-refractivity contribution is 7.99. The molecule has 178 valence electrons. The minimum Gasteiger partial charge on any atom is -0.494 e. The first-order chi connectivity index (χ1) is 16.5. The van der Waals surface area contributed by atoms with Gasteiger partial charge in [-0.3, -0.25) is 9.69 Å². The van der Waals surface area contributed by atoms with Crippen molar-refractivity contribution in [1.82, 2.24) is 15.2 Å². The van der Waals surface area contributed by atoms with Crippen LogP contribution in [0.15, 0.2) is 53.7 Å². The average Bonchev–Trinajstić information content (AvgIpc) is 2.97. The third-order valence-corrected chi connectivity index (χ3v) is 6.59. The van der Waals surface area contributed by atoms with E-state index in [1.807, 2.05) is 48.5 Å². The van der Waals surface area contributed by atoms with Gasteiger partial charge >= 0.3 is 0 Å². The summed E-state index contributed by atoms with van der Waals surface area (Å²) in [5.41, 5.74) is 2.81. The van der Waals surface area contributed by atoms with E-state index in [2.05, 4.69) is 36.0 Å². The zero-order valence-electron chi connectivity index (χ0n) is 20.0. The summed E-state index contributed by atoms with van der Waals surface area (Å²) in [5.74, 6) is 2.38. The molecule has 0 aliphatic carbocycles. The number of carbonyl (C=O) groups is 1. The number of thioether (sulfide) groups is 1. The number of ether oxygens (including phenoxy) is 2.